The molecule has 2 unspecified atom stereocenters. The van der Waals surface area contributed by atoms with Gasteiger partial charge in [0.25, 0.3) is 0 Å². The number of likely N-dealkylation sites (tertiary alicyclic amines) is 1. The predicted octanol–water partition coefficient (Wildman–Crippen LogP) is 1.02. The highest BCUT2D eigenvalue weighted by Gasteiger charge is 2.42. The van der Waals surface area contributed by atoms with Gasteiger partial charge in [0.1, 0.15) is 0 Å². The summed E-state index contributed by atoms with van der Waals surface area (Å²) in [6.07, 6.45) is 4.45. The summed E-state index contributed by atoms with van der Waals surface area (Å²) >= 11 is 0. The summed E-state index contributed by atoms with van der Waals surface area (Å²) in [4.78, 5) is 20.5. The van der Waals surface area contributed by atoms with Crippen LogP contribution in [-0.4, -0.2) is 98.8 Å². The monoisotopic (exact) mass is 366 g/mol. The van der Waals surface area contributed by atoms with E-state index in [1.54, 1.807) is 7.11 Å². The number of methoxy groups -OCH3 is 1. The average Bonchev–Trinajstić information content (AvgIpc) is 2.99. The van der Waals surface area contributed by atoms with Gasteiger partial charge < -0.3 is 15.0 Å². The van der Waals surface area contributed by atoms with E-state index >= 15 is 0 Å². The summed E-state index contributed by atoms with van der Waals surface area (Å²) in [7, 11) is 1.72. The highest BCUT2D eigenvalue weighted by atomic mass is 16.5. The number of hydrogen-bond donors (Lipinski definition) is 1. The molecule has 150 valence electrons. The molecule has 1 amide bonds. The molecule has 3 aliphatic rings. The van der Waals surface area contributed by atoms with Crippen LogP contribution >= 0.6 is 0 Å². The number of carbonyl (C=O) groups is 1. The second-order valence-corrected chi connectivity index (χ2v) is 8.61. The van der Waals surface area contributed by atoms with Gasteiger partial charge in [0.05, 0.1) is 12.0 Å². The van der Waals surface area contributed by atoms with E-state index in [4.69, 9.17) is 4.74 Å². The zero-order chi connectivity index (χ0) is 18.6. The third kappa shape index (κ3) is 4.41. The average molecular weight is 367 g/mol. The molecule has 3 aliphatic heterocycles. The standard InChI is InChI=1S/C20H38N4O2/c1-17-4-5-18(2)24(17)15-12-22-10-13-23(14-11-22)19(25)20(16-26-3)6-8-21-9-7-20/h17-18,21H,4-16H2,1-3H3. The molecule has 3 fully saturated rings. The lowest BCUT2D eigenvalue weighted by Gasteiger charge is -2.43. The van der Waals surface area contributed by atoms with Crippen LogP contribution in [0.3, 0.4) is 0 Å². The third-order valence-corrected chi connectivity index (χ3v) is 6.90. The Kier molecular flexibility index (Phi) is 6.94. The minimum Gasteiger partial charge on any atom is -0.384 e. The van der Waals surface area contributed by atoms with Crippen LogP contribution in [0.15, 0.2) is 0 Å². The number of piperidine rings is 1. The Morgan fingerprint density at radius 3 is 2.23 bits per heavy atom. The number of carbonyl (C=O) groups excluding carboxylic acids is 1. The van der Waals surface area contributed by atoms with Crippen molar-refractivity contribution < 1.29 is 9.53 Å². The van der Waals surface area contributed by atoms with Crippen molar-refractivity contribution in [3.05, 3.63) is 0 Å². The molecule has 0 aliphatic carbocycles. The maximum atomic E-state index is 13.2. The first-order chi connectivity index (χ1) is 12.6. The number of rotatable bonds is 6. The molecule has 3 saturated heterocycles. The summed E-state index contributed by atoms with van der Waals surface area (Å²) in [5, 5.41) is 3.37. The fourth-order valence-corrected chi connectivity index (χ4v) is 5.06. The molecule has 26 heavy (non-hydrogen) atoms. The second-order valence-electron chi connectivity index (χ2n) is 8.61. The van der Waals surface area contributed by atoms with Gasteiger partial charge in [0.15, 0.2) is 0 Å². The fourth-order valence-electron chi connectivity index (χ4n) is 5.06. The number of nitrogens with one attached hydrogen (secondary N) is 1. The van der Waals surface area contributed by atoms with E-state index in [-0.39, 0.29) is 5.41 Å². The van der Waals surface area contributed by atoms with Crippen LogP contribution in [0.2, 0.25) is 0 Å². The Morgan fingerprint density at radius 2 is 1.65 bits per heavy atom. The van der Waals surface area contributed by atoms with Crippen LogP contribution in [0.25, 0.3) is 0 Å². The molecule has 3 heterocycles. The third-order valence-electron chi connectivity index (χ3n) is 6.90. The number of amides is 1. The molecule has 6 heteroatoms. The molecule has 1 N–H and O–H groups in total. The largest absolute Gasteiger partial charge is 0.384 e. The Morgan fingerprint density at radius 1 is 1.04 bits per heavy atom. The van der Waals surface area contributed by atoms with Gasteiger partial charge >= 0.3 is 0 Å². The van der Waals surface area contributed by atoms with Crippen LogP contribution in [0.1, 0.15) is 39.5 Å². The minimum absolute atomic E-state index is 0.303. The highest BCUT2D eigenvalue weighted by molar-refractivity contribution is 5.83. The molecule has 0 aromatic carbocycles. The quantitative estimate of drug-likeness (QED) is 0.761. The molecule has 0 spiro atoms. The molecular weight excluding hydrogens is 328 g/mol. The first-order valence-corrected chi connectivity index (χ1v) is 10.5. The van der Waals surface area contributed by atoms with E-state index < -0.39 is 0 Å². The normalized spacial score (nSPS) is 30.7. The predicted molar refractivity (Wildman–Crippen MR) is 104 cm³/mol. The first kappa shape index (κ1) is 20.1. The van der Waals surface area contributed by atoms with Crippen molar-refractivity contribution in [1.29, 1.82) is 0 Å². The second kappa shape index (κ2) is 9.00. The summed E-state index contributed by atoms with van der Waals surface area (Å²) < 4.78 is 5.44. The smallest absolute Gasteiger partial charge is 0.231 e. The molecule has 6 nitrogen and oxygen atoms in total. The van der Waals surface area contributed by atoms with Crippen LogP contribution in [0, 0.1) is 5.41 Å². The number of hydrogen-bond acceptors (Lipinski definition) is 5. The summed E-state index contributed by atoms with van der Waals surface area (Å²) in [6, 6.07) is 1.45. The van der Waals surface area contributed by atoms with Crippen LogP contribution in [0.5, 0.6) is 0 Å². The van der Waals surface area contributed by atoms with Gasteiger partial charge in [-0.3, -0.25) is 14.6 Å². The minimum atomic E-state index is -0.303. The van der Waals surface area contributed by atoms with Gasteiger partial charge in [0, 0.05) is 58.5 Å². The molecule has 0 aromatic heterocycles. The van der Waals surface area contributed by atoms with Gasteiger partial charge in [-0.15, -0.1) is 0 Å². The van der Waals surface area contributed by atoms with Gasteiger partial charge in [0.2, 0.25) is 5.91 Å². The lowest BCUT2D eigenvalue weighted by Crippen LogP contribution is -2.57. The van der Waals surface area contributed by atoms with Crippen molar-refractivity contribution in [3.63, 3.8) is 0 Å². The molecule has 0 aromatic rings. The van der Waals surface area contributed by atoms with Gasteiger partial charge in [-0.1, -0.05) is 0 Å². The van der Waals surface area contributed by atoms with E-state index in [9.17, 15) is 4.79 Å². The van der Waals surface area contributed by atoms with E-state index in [2.05, 4.69) is 33.9 Å². The van der Waals surface area contributed by atoms with Crippen molar-refractivity contribution in [2.45, 2.75) is 51.6 Å². The van der Waals surface area contributed by atoms with Crippen LogP contribution in [-0.2, 0) is 9.53 Å². The first-order valence-electron chi connectivity index (χ1n) is 10.5. The molecule has 3 rings (SSSR count). The summed E-state index contributed by atoms with van der Waals surface area (Å²) in [6.45, 7) is 13.1. The molecular formula is C20H38N4O2. The molecule has 0 bridgehead atoms. The Balaban J connectivity index is 1.47. The van der Waals surface area contributed by atoms with E-state index in [0.29, 0.717) is 12.5 Å². The Hall–Kier alpha value is -0.690. The van der Waals surface area contributed by atoms with Crippen molar-refractivity contribution in [1.82, 2.24) is 20.0 Å². The summed E-state index contributed by atoms with van der Waals surface area (Å²) in [5.74, 6) is 0.322. The van der Waals surface area contributed by atoms with E-state index in [1.165, 1.54) is 12.8 Å². The Bertz CT molecular complexity index is 443. The highest BCUT2D eigenvalue weighted by Crippen LogP contribution is 2.32. The van der Waals surface area contributed by atoms with Crippen LogP contribution < -0.4 is 5.32 Å². The lowest BCUT2D eigenvalue weighted by atomic mass is 9.78. The molecule has 2 atom stereocenters. The maximum absolute atomic E-state index is 13.2. The van der Waals surface area contributed by atoms with E-state index in [0.717, 1.165) is 77.3 Å². The maximum Gasteiger partial charge on any atom is 0.231 e. The van der Waals surface area contributed by atoms with Crippen LogP contribution in [0.4, 0.5) is 0 Å². The SMILES string of the molecule is COCC1(C(=O)N2CCN(CCN3C(C)CCC3C)CC2)CCNCC1. The Labute approximate surface area is 159 Å². The van der Waals surface area contributed by atoms with Crippen molar-refractivity contribution in [2.24, 2.45) is 5.41 Å². The number of ether oxygens (including phenoxy) is 1. The topological polar surface area (TPSA) is 48.1 Å². The number of piperazine rings is 1. The van der Waals surface area contributed by atoms with Gasteiger partial charge in [-0.05, 0) is 52.6 Å². The van der Waals surface area contributed by atoms with Crippen molar-refractivity contribution in [3.8, 4) is 0 Å². The van der Waals surface area contributed by atoms with Crippen molar-refractivity contribution >= 4 is 5.91 Å². The number of nitrogens with zero attached hydrogens (tertiary/aromatic N) is 3. The van der Waals surface area contributed by atoms with Crippen molar-refractivity contribution in [2.75, 3.05) is 66.1 Å². The lowest BCUT2D eigenvalue weighted by molar-refractivity contribution is -0.149. The zero-order valence-electron chi connectivity index (χ0n) is 17.0. The van der Waals surface area contributed by atoms with Gasteiger partial charge in [-0.2, -0.15) is 0 Å². The molecule has 0 saturated carbocycles. The van der Waals surface area contributed by atoms with Gasteiger partial charge in [-0.25, -0.2) is 0 Å². The zero-order valence-corrected chi connectivity index (χ0v) is 17.0. The fraction of sp³-hybridized carbons (Fsp3) is 0.950. The van der Waals surface area contributed by atoms with E-state index in [1.807, 2.05) is 0 Å². The molecule has 0 radical (unpaired) electrons. The summed E-state index contributed by atoms with van der Waals surface area (Å²) in [5.41, 5.74) is -0.303.